The molecule has 0 spiro atoms. The molecule has 2 N–H and O–H groups in total. The number of aromatic amines is 1. The molecule has 6 heteroatoms. The van der Waals surface area contributed by atoms with Crippen LogP contribution in [0.15, 0.2) is 77.9 Å². The van der Waals surface area contributed by atoms with Crippen molar-refractivity contribution < 1.29 is 18.3 Å². The minimum atomic E-state index is -4.40. The number of phenols is 1. The van der Waals surface area contributed by atoms with Crippen LogP contribution >= 0.6 is 0 Å². The van der Waals surface area contributed by atoms with Crippen LogP contribution in [-0.4, -0.2) is 16.3 Å². The number of rotatable bonds is 2. The van der Waals surface area contributed by atoms with Gasteiger partial charge in [0.2, 0.25) is 0 Å². The fourth-order valence-corrected chi connectivity index (χ4v) is 3.82. The van der Waals surface area contributed by atoms with Crippen molar-refractivity contribution in [2.24, 2.45) is 4.99 Å². The summed E-state index contributed by atoms with van der Waals surface area (Å²) >= 11 is 0. The van der Waals surface area contributed by atoms with Gasteiger partial charge in [-0.25, -0.2) is 0 Å². The standard InChI is InChI=1S/C24H15F3N2O/c25-24(26,27)15-7-5-14(6-8-15)23(19-12-28-21-4-2-1-3-17(19)21)20-13-29-22-11-16(30)9-10-18(20)22/h1-13,29-30H/b23-19+. The van der Waals surface area contributed by atoms with Crippen LogP contribution in [0.1, 0.15) is 22.3 Å². The van der Waals surface area contributed by atoms with Gasteiger partial charge in [-0.1, -0.05) is 30.3 Å². The molecule has 30 heavy (non-hydrogen) atoms. The zero-order valence-electron chi connectivity index (χ0n) is 15.5. The maximum atomic E-state index is 13.1. The SMILES string of the molecule is Oc1ccc2c(/C(=C3\C=Nc4ccccc43)c3ccc(C(F)(F)F)cc3)c[nH]c2c1. The number of alkyl halides is 3. The third-order valence-corrected chi connectivity index (χ3v) is 5.23. The first-order valence-electron chi connectivity index (χ1n) is 9.28. The Morgan fingerprint density at radius 1 is 0.933 bits per heavy atom. The first-order chi connectivity index (χ1) is 14.4. The number of benzene rings is 3. The summed E-state index contributed by atoms with van der Waals surface area (Å²) < 4.78 is 39.2. The van der Waals surface area contributed by atoms with E-state index in [1.165, 1.54) is 12.1 Å². The molecule has 3 aromatic carbocycles. The topological polar surface area (TPSA) is 48.4 Å². The number of hydrogen-bond donors (Lipinski definition) is 2. The number of allylic oxidation sites excluding steroid dienone is 1. The lowest BCUT2D eigenvalue weighted by Gasteiger charge is -2.13. The van der Waals surface area contributed by atoms with Crippen LogP contribution < -0.4 is 0 Å². The average Bonchev–Trinajstić information content (AvgIpc) is 3.33. The molecule has 0 aliphatic carbocycles. The minimum absolute atomic E-state index is 0.132. The molecule has 5 rings (SSSR count). The van der Waals surface area contributed by atoms with Gasteiger partial charge >= 0.3 is 6.18 Å². The summed E-state index contributed by atoms with van der Waals surface area (Å²) in [6.45, 7) is 0. The van der Waals surface area contributed by atoms with Gasteiger partial charge in [-0.3, -0.25) is 4.99 Å². The second-order valence-electron chi connectivity index (χ2n) is 7.07. The van der Waals surface area contributed by atoms with Gasteiger partial charge in [0, 0.05) is 51.7 Å². The monoisotopic (exact) mass is 404 g/mol. The Morgan fingerprint density at radius 3 is 2.47 bits per heavy atom. The number of phenolic OH excluding ortho intramolecular Hbond substituents is 1. The van der Waals surface area contributed by atoms with Crippen molar-refractivity contribution >= 4 is 34.0 Å². The van der Waals surface area contributed by atoms with E-state index in [0.29, 0.717) is 5.56 Å². The number of aliphatic imine (C=N–C) groups is 1. The lowest BCUT2D eigenvalue weighted by Crippen LogP contribution is -2.04. The number of aromatic nitrogens is 1. The molecule has 0 atom stereocenters. The summed E-state index contributed by atoms with van der Waals surface area (Å²) in [6.07, 6.45) is -0.846. The Hall–Kier alpha value is -3.80. The van der Waals surface area contributed by atoms with E-state index in [9.17, 15) is 18.3 Å². The first-order valence-corrected chi connectivity index (χ1v) is 9.28. The molecule has 2 heterocycles. The maximum Gasteiger partial charge on any atom is 0.416 e. The van der Waals surface area contributed by atoms with Gasteiger partial charge in [-0.15, -0.1) is 0 Å². The predicted molar refractivity (Wildman–Crippen MR) is 112 cm³/mol. The van der Waals surface area contributed by atoms with E-state index in [-0.39, 0.29) is 5.75 Å². The van der Waals surface area contributed by atoms with Crippen molar-refractivity contribution in [1.29, 1.82) is 0 Å². The zero-order chi connectivity index (χ0) is 20.9. The van der Waals surface area contributed by atoms with Crippen LogP contribution in [0.2, 0.25) is 0 Å². The molecule has 0 fully saturated rings. The van der Waals surface area contributed by atoms with Crippen LogP contribution in [0.5, 0.6) is 5.75 Å². The molecule has 3 nitrogen and oxygen atoms in total. The highest BCUT2D eigenvalue weighted by atomic mass is 19.4. The number of aromatic hydroxyl groups is 1. The molecule has 0 saturated heterocycles. The second-order valence-corrected chi connectivity index (χ2v) is 7.07. The van der Waals surface area contributed by atoms with E-state index in [2.05, 4.69) is 9.98 Å². The van der Waals surface area contributed by atoms with Gasteiger partial charge in [-0.05, 0) is 35.9 Å². The second kappa shape index (κ2) is 6.62. The zero-order valence-corrected chi connectivity index (χ0v) is 15.5. The Labute approximate surface area is 169 Å². The van der Waals surface area contributed by atoms with Crippen LogP contribution in [0.3, 0.4) is 0 Å². The highest BCUT2D eigenvalue weighted by Gasteiger charge is 2.30. The normalized spacial score (nSPS) is 14.9. The Morgan fingerprint density at radius 2 is 1.70 bits per heavy atom. The van der Waals surface area contributed by atoms with Gasteiger partial charge in [0.05, 0.1) is 11.3 Å². The van der Waals surface area contributed by atoms with E-state index in [4.69, 9.17) is 0 Å². The Balaban J connectivity index is 1.78. The molecule has 148 valence electrons. The third-order valence-electron chi connectivity index (χ3n) is 5.23. The maximum absolute atomic E-state index is 13.1. The molecule has 0 bridgehead atoms. The molecule has 1 aliphatic heterocycles. The predicted octanol–water partition coefficient (Wildman–Crippen LogP) is 6.57. The van der Waals surface area contributed by atoms with E-state index >= 15 is 0 Å². The minimum Gasteiger partial charge on any atom is -0.508 e. The first kappa shape index (κ1) is 18.2. The van der Waals surface area contributed by atoms with E-state index in [0.717, 1.165) is 51.0 Å². The fraction of sp³-hybridized carbons (Fsp3) is 0.0417. The van der Waals surface area contributed by atoms with Crippen LogP contribution in [0.4, 0.5) is 18.9 Å². The molecular weight excluding hydrogens is 389 g/mol. The number of fused-ring (bicyclic) bond motifs is 2. The lowest BCUT2D eigenvalue weighted by atomic mass is 9.89. The number of H-pyrrole nitrogens is 1. The third kappa shape index (κ3) is 2.97. The largest absolute Gasteiger partial charge is 0.508 e. The summed E-state index contributed by atoms with van der Waals surface area (Å²) in [4.78, 5) is 7.62. The Bertz CT molecular complexity index is 1330. The molecule has 1 aliphatic rings. The average molecular weight is 404 g/mol. The van der Waals surface area contributed by atoms with Gasteiger partial charge in [0.15, 0.2) is 0 Å². The van der Waals surface area contributed by atoms with E-state index in [1.807, 2.05) is 24.3 Å². The molecule has 0 unspecified atom stereocenters. The number of nitrogens with zero attached hydrogens (tertiary/aromatic N) is 1. The quantitative estimate of drug-likeness (QED) is 0.390. The number of nitrogens with one attached hydrogen (secondary N) is 1. The van der Waals surface area contributed by atoms with Gasteiger partial charge in [0.1, 0.15) is 5.75 Å². The van der Waals surface area contributed by atoms with Gasteiger partial charge in [0.25, 0.3) is 0 Å². The number of halogens is 3. The Kier molecular flexibility index (Phi) is 4.03. The molecule has 0 saturated carbocycles. The highest BCUT2D eigenvalue weighted by Crippen LogP contribution is 2.42. The molecule has 0 amide bonds. The van der Waals surface area contributed by atoms with Crippen LogP contribution in [-0.2, 0) is 6.18 Å². The fourth-order valence-electron chi connectivity index (χ4n) is 3.82. The molecule has 0 radical (unpaired) electrons. The van der Waals surface area contributed by atoms with Crippen molar-refractivity contribution in [3.05, 3.63) is 95.2 Å². The molecule has 1 aromatic heterocycles. The summed E-state index contributed by atoms with van der Waals surface area (Å²) in [5, 5.41) is 10.6. The van der Waals surface area contributed by atoms with Crippen LogP contribution in [0.25, 0.3) is 22.0 Å². The number of para-hydroxylation sites is 1. The summed E-state index contributed by atoms with van der Waals surface area (Å²) in [5.74, 6) is 0.132. The smallest absolute Gasteiger partial charge is 0.416 e. The molecule has 4 aromatic rings. The lowest BCUT2D eigenvalue weighted by molar-refractivity contribution is -0.137. The number of hydrogen-bond acceptors (Lipinski definition) is 2. The van der Waals surface area contributed by atoms with Crippen molar-refractivity contribution in [3.63, 3.8) is 0 Å². The highest BCUT2D eigenvalue weighted by molar-refractivity contribution is 6.27. The van der Waals surface area contributed by atoms with Crippen molar-refractivity contribution in [3.8, 4) is 5.75 Å². The van der Waals surface area contributed by atoms with Gasteiger partial charge in [-0.2, -0.15) is 13.2 Å². The van der Waals surface area contributed by atoms with E-state index in [1.54, 1.807) is 30.6 Å². The van der Waals surface area contributed by atoms with Gasteiger partial charge < -0.3 is 10.1 Å². The summed E-state index contributed by atoms with van der Waals surface area (Å²) in [6, 6.07) is 17.8. The van der Waals surface area contributed by atoms with E-state index < -0.39 is 11.7 Å². The van der Waals surface area contributed by atoms with Crippen molar-refractivity contribution in [2.45, 2.75) is 6.18 Å². The van der Waals surface area contributed by atoms with Crippen molar-refractivity contribution in [2.75, 3.05) is 0 Å². The van der Waals surface area contributed by atoms with Crippen molar-refractivity contribution in [1.82, 2.24) is 4.98 Å². The molecular formula is C24H15F3N2O. The summed E-state index contributed by atoms with van der Waals surface area (Å²) in [7, 11) is 0. The summed E-state index contributed by atoms with van der Waals surface area (Å²) in [5.41, 5.74) is 4.85. The van der Waals surface area contributed by atoms with Crippen LogP contribution in [0, 0.1) is 0 Å².